The van der Waals surface area contributed by atoms with Crippen molar-refractivity contribution in [1.82, 2.24) is 0 Å². The van der Waals surface area contributed by atoms with Crippen LogP contribution in [0.3, 0.4) is 0 Å². The fraction of sp³-hybridized carbons (Fsp3) is 0.00885. The first-order valence-electron chi connectivity index (χ1n) is 40.9. The topological polar surface area (TPSA) is 99.5 Å². The molecule has 4 aromatic heterocycles. The molecule has 2 N–H and O–H groups in total. The van der Waals surface area contributed by atoms with Crippen molar-refractivity contribution in [3.8, 4) is 77.9 Å². The summed E-state index contributed by atoms with van der Waals surface area (Å²) in [6.45, 7) is 9.58. The summed E-state index contributed by atoms with van der Waals surface area (Å²) in [7, 11) is -1.38. The minimum Gasteiger partial charge on any atom is -0.455 e. The zero-order valence-corrected chi connectivity index (χ0v) is 66.8. The molecular weight excluding hydrogens is 1490 g/mol. The molecule has 0 saturated carbocycles. The van der Waals surface area contributed by atoms with Gasteiger partial charge in [-0.1, -0.05) is 346 Å². The summed E-state index contributed by atoms with van der Waals surface area (Å²) in [5, 5.41) is 26.5. The fourth-order valence-electron chi connectivity index (χ4n) is 16.8. The second kappa shape index (κ2) is 32.6. The molecule has 8 nitrogen and oxygen atoms in total. The van der Waals surface area contributed by atoms with E-state index >= 15 is 0 Å². The van der Waals surface area contributed by atoms with Gasteiger partial charge in [-0.25, -0.2) is 0 Å². The minimum atomic E-state index is -1.38. The number of fused-ring (bicyclic) bond motifs is 12. The Hall–Kier alpha value is -15.8. The Morgan fingerprint density at radius 2 is 0.426 bits per heavy atom. The van der Waals surface area contributed by atoms with Crippen LogP contribution >= 0.6 is 0 Å². The van der Waals surface area contributed by atoms with Crippen molar-refractivity contribution in [3.05, 3.63) is 442 Å². The van der Waals surface area contributed by atoms with Crippen LogP contribution in [-0.4, -0.2) is 17.2 Å². The number of benzene rings is 18. The van der Waals surface area contributed by atoms with Crippen molar-refractivity contribution in [3.63, 3.8) is 0 Å². The van der Waals surface area contributed by atoms with Gasteiger partial charge in [0.1, 0.15) is 44.7 Å². The van der Waals surface area contributed by atoms with Crippen molar-refractivity contribution in [2.75, 3.05) is 9.80 Å². The standard InChI is InChI=1S/C56H37NO2.C49H33NO2.C8H9BO2/c1-2-37-17-19-38(20-18-37)39-21-23-40(24-22-39)41-25-31-44(32-26-41)57(45-33-27-42(28-34-45)47-11-7-13-51-49-9-3-5-15-53(49)58-55(47)51)46-35-29-43(30-36-46)48-12-8-14-52-50-10-4-6-16-54(50)59-56(48)52;1-32-16-18-33(19-17-32)34-20-26-37(27-21-34)50(38-28-22-35(23-29-38)40-10-6-12-44-42-8-2-4-14-46(42)51-48(40)44)39-30-24-36(25-31-39)41-11-7-13-45-43-9-3-5-15-47(43)52-49(41)45;1-2-7-3-5-8(6-4-7)9(10)11/h2-36H,1H2;2-31H,1H3;2-6,10-11H,1H2. The molecular formula is C113H79BN2O6. The van der Waals surface area contributed by atoms with Gasteiger partial charge in [-0.3, -0.25) is 0 Å². The molecule has 0 amide bonds. The second-order valence-electron chi connectivity index (χ2n) is 30.6. The van der Waals surface area contributed by atoms with Crippen LogP contribution in [0.4, 0.5) is 34.1 Å². The first-order chi connectivity index (χ1) is 60.1. The van der Waals surface area contributed by atoms with Gasteiger partial charge in [0, 0.05) is 99.5 Å². The maximum absolute atomic E-state index is 8.72. The molecule has 22 rings (SSSR count). The quantitative estimate of drug-likeness (QED) is 0.0923. The maximum Gasteiger partial charge on any atom is 0.488 e. The first kappa shape index (κ1) is 75.0. The van der Waals surface area contributed by atoms with E-state index in [2.05, 4.69) is 370 Å². The highest BCUT2D eigenvalue weighted by atomic mass is 16.4. The molecule has 0 aliphatic heterocycles. The van der Waals surface area contributed by atoms with Crippen molar-refractivity contribution >= 4 is 147 Å². The molecule has 0 radical (unpaired) electrons. The van der Waals surface area contributed by atoms with Crippen LogP contribution in [0.5, 0.6) is 0 Å². The van der Waals surface area contributed by atoms with Crippen LogP contribution in [0, 0.1) is 6.92 Å². The number of anilines is 6. The third-order valence-electron chi connectivity index (χ3n) is 23.2. The molecule has 0 aliphatic rings. The van der Waals surface area contributed by atoms with E-state index in [9.17, 15) is 0 Å². The molecule has 580 valence electrons. The summed E-state index contributed by atoms with van der Waals surface area (Å²) in [5.74, 6) is 0. The van der Waals surface area contributed by atoms with E-state index in [4.69, 9.17) is 27.7 Å². The Balaban J connectivity index is 0.000000139. The zero-order valence-electron chi connectivity index (χ0n) is 66.8. The summed E-state index contributed by atoms with van der Waals surface area (Å²) in [6.07, 6.45) is 3.57. The lowest BCUT2D eigenvalue weighted by molar-refractivity contribution is 0.426. The Morgan fingerprint density at radius 1 is 0.221 bits per heavy atom. The van der Waals surface area contributed by atoms with Crippen molar-refractivity contribution in [2.45, 2.75) is 6.92 Å². The number of hydrogen-bond donors (Lipinski definition) is 2. The molecule has 0 fully saturated rings. The normalized spacial score (nSPS) is 11.3. The molecule has 22 aromatic rings. The lowest BCUT2D eigenvalue weighted by Crippen LogP contribution is -2.29. The van der Waals surface area contributed by atoms with Crippen molar-refractivity contribution in [2.24, 2.45) is 0 Å². The Bertz CT molecular complexity index is 7260. The highest BCUT2D eigenvalue weighted by Gasteiger charge is 2.22. The molecule has 4 heterocycles. The van der Waals surface area contributed by atoms with Gasteiger partial charge in [0.15, 0.2) is 0 Å². The highest BCUT2D eigenvalue weighted by molar-refractivity contribution is 6.58. The molecule has 0 atom stereocenters. The molecule has 0 spiro atoms. The molecule has 0 saturated heterocycles. The number of para-hydroxylation sites is 8. The fourth-order valence-corrected chi connectivity index (χ4v) is 16.8. The van der Waals surface area contributed by atoms with Crippen LogP contribution < -0.4 is 15.3 Å². The van der Waals surface area contributed by atoms with Crippen molar-refractivity contribution in [1.29, 1.82) is 0 Å². The van der Waals surface area contributed by atoms with Gasteiger partial charge in [0.2, 0.25) is 0 Å². The second-order valence-corrected chi connectivity index (χ2v) is 30.6. The van der Waals surface area contributed by atoms with Crippen LogP contribution in [0.25, 0.3) is 178 Å². The predicted octanol–water partition coefficient (Wildman–Crippen LogP) is 30.5. The smallest absolute Gasteiger partial charge is 0.455 e. The van der Waals surface area contributed by atoms with E-state index in [0.29, 0.717) is 5.46 Å². The van der Waals surface area contributed by atoms with E-state index in [-0.39, 0.29) is 0 Å². The molecule has 9 heteroatoms. The largest absolute Gasteiger partial charge is 0.488 e. The Labute approximate surface area is 706 Å². The third-order valence-corrected chi connectivity index (χ3v) is 23.2. The van der Waals surface area contributed by atoms with Gasteiger partial charge < -0.3 is 37.5 Å². The summed E-state index contributed by atoms with van der Waals surface area (Å²) >= 11 is 0. The van der Waals surface area contributed by atoms with Crippen LogP contribution in [0.15, 0.2) is 443 Å². The summed E-state index contributed by atoms with van der Waals surface area (Å²) in [5.41, 5.74) is 33.3. The van der Waals surface area contributed by atoms with Gasteiger partial charge in [-0.15, -0.1) is 0 Å². The molecule has 0 aliphatic carbocycles. The Kier molecular flexibility index (Phi) is 20.0. The predicted molar refractivity (Wildman–Crippen MR) is 511 cm³/mol. The molecule has 0 unspecified atom stereocenters. The van der Waals surface area contributed by atoms with Gasteiger partial charge in [-0.2, -0.15) is 0 Å². The van der Waals surface area contributed by atoms with Gasteiger partial charge in [-0.05, 0) is 176 Å². The molecule has 122 heavy (non-hydrogen) atoms. The monoisotopic (exact) mass is 1570 g/mol. The third kappa shape index (κ3) is 14.6. The number of aryl methyl sites for hydroxylation is 1. The summed E-state index contributed by atoms with van der Waals surface area (Å²) in [4.78, 5) is 4.63. The minimum absolute atomic E-state index is 0.496. The van der Waals surface area contributed by atoms with Gasteiger partial charge >= 0.3 is 7.12 Å². The summed E-state index contributed by atoms with van der Waals surface area (Å²) < 4.78 is 25.6. The van der Waals surface area contributed by atoms with Crippen LogP contribution in [0.1, 0.15) is 16.7 Å². The average Bonchev–Trinajstić information content (AvgIpc) is 1.57. The first-order valence-corrected chi connectivity index (χ1v) is 40.9. The number of hydrogen-bond acceptors (Lipinski definition) is 8. The maximum atomic E-state index is 8.72. The van der Waals surface area contributed by atoms with E-state index in [1.165, 1.54) is 33.4 Å². The molecule has 0 bridgehead atoms. The molecule has 18 aromatic carbocycles. The van der Waals surface area contributed by atoms with E-state index < -0.39 is 7.12 Å². The van der Waals surface area contributed by atoms with E-state index in [0.717, 1.165) is 183 Å². The van der Waals surface area contributed by atoms with Crippen LogP contribution in [-0.2, 0) is 0 Å². The lowest BCUT2D eigenvalue weighted by Gasteiger charge is -2.26. The summed E-state index contributed by atoms with van der Waals surface area (Å²) in [6, 6.07) is 144. The highest BCUT2D eigenvalue weighted by Crippen LogP contribution is 2.46. The van der Waals surface area contributed by atoms with E-state index in [1.54, 1.807) is 30.3 Å². The van der Waals surface area contributed by atoms with Gasteiger partial charge in [0.05, 0.1) is 0 Å². The van der Waals surface area contributed by atoms with Crippen molar-refractivity contribution < 1.29 is 27.7 Å². The Morgan fingerprint density at radius 3 is 0.672 bits per heavy atom. The number of furan rings is 4. The number of nitrogens with zero attached hydrogens (tertiary/aromatic N) is 2. The lowest BCUT2D eigenvalue weighted by atomic mass is 9.80. The van der Waals surface area contributed by atoms with Gasteiger partial charge in [0.25, 0.3) is 0 Å². The van der Waals surface area contributed by atoms with E-state index in [1.807, 2.05) is 54.6 Å². The number of rotatable bonds is 16. The average molecular weight is 1570 g/mol. The zero-order chi connectivity index (χ0) is 82.2. The van der Waals surface area contributed by atoms with Crippen LogP contribution in [0.2, 0.25) is 0 Å². The SMILES string of the molecule is C=Cc1ccc(-c2ccc(-c3ccc(N(c4ccc(-c5cccc6c5oc5ccccc56)cc4)c4ccc(-c5cccc6c5oc5ccccc56)cc4)cc3)cc2)cc1.C=Cc1ccc(B(O)O)cc1.Cc1ccc(-c2ccc(N(c3ccc(-c4cccc5c4oc4ccccc45)cc3)c3ccc(-c4cccc5c4oc4ccccc45)cc3)cc2)cc1.